The van der Waals surface area contributed by atoms with Crippen molar-refractivity contribution >= 4 is 17.4 Å². The summed E-state index contributed by atoms with van der Waals surface area (Å²) >= 11 is 0. The van der Waals surface area contributed by atoms with Gasteiger partial charge in [0.25, 0.3) is 0 Å². The third-order valence-corrected chi connectivity index (χ3v) is 3.64. The van der Waals surface area contributed by atoms with Crippen molar-refractivity contribution in [3.63, 3.8) is 0 Å². The zero-order valence-electron chi connectivity index (χ0n) is 11.3. The number of carbonyl (C=O) groups excluding carboxylic acids is 1. The second-order valence-electron chi connectivity index (χ2n) is 5.02. The monoisotopic (exact) mass is 278 g/mol. The highest BCUT2D eigenvalue weighted by Gasteiger charge is 2.40. The fourth-order valence-electron chi connectivity index (χ4n) is 2.07. The predicted molar refractivity (Wildman–Crippen MR) is 75.0 cm³/mol. The minimum absolute atomic E-state index is 0.156. The second kappa shape index (κ2) is 5.70. The number of nitrogens with zero attached hydrogens (tertiary/aromatic N) is 2. The lowest BCUT2D eigenvalue weighted by molar-refractivity contribution is 0.0559. The molecular formula is C14H18N2O4. The first-order valence-corrected chi connectivity index (χ1v) is 6.35. The molecule has 6 nitrogen and oxygen atoms in total. The highest BCUT2D eigenvalue weighted by Crippen LogP contribution is 2.26. The van der Waals surface area contributed by atoms with Gasteiger partial charge in [0.05, 0.1) is 37.5 Å². The number of hydrogen-bond acceptors (Lipinski definition) is 4. The fraction of sp³-hybridized carbons (Fsp3) is 0.429. The van der Waals surface area contributed by atoms with Crippen LogP contribution in [0.4, 0.5) is 10.5 Å². The first-order valence-electron chi connectivity index (χ1n) is 6.35. The average Bonchev–Trinajstić information content (AvgIpc) is 2.85. The standard InChI is InChI=1S/C14H18N2O4/c1-10-2-4-11(5-3-10)16-6-12(15-13(16)20)14(7-17,8-18)9-19/h2-5,17-19H,6-9H2,1H3. The molecule has 1 aromatic carbocycles. The Bertz CT molecular complexity index is 512. The van der Waals surface area contributed by atoms with Crippen molar-refractivity contribution in [1.29, 1.82) is 0 Å². The van der Waals surface area contributed by atoms with E-state index in [0.29, 0.717) is 11.4 Å². The summed E-state index contributed by atoms with van der Waals surface area (Å²) < 4.78 is 0. The van der Waals surface area contributed by atoms with Gasteiger partial charge in [0.1, 0.15) is 0 Å². The SMILES string of the molecule is Cc1ccc(N2CC(C(CO)(CO)CO)=NC2=O)cc1. The summed E-state index contributed by atoms with van der Waals surface area (Å²) in [6.45, 7) is 0.713. The van der Waals surface area contributed by atoms with Crippen LogP contribution in [0.1, 0.15) is 5.56 Å². The number of benzene rings is 1. The minimum atomic E-state index is -1.25. The lowest BCUT2D eigenvalue weighted by atomic mass is 9.85. The molecule has 3 N–H and O–H groups in total. The van der Waals surface area contributed by atoms with E-state index in [1.807, 2.05) is 31.2 Å². The van der Waals surface area contributed by atoms with Gasteiger partial charge in [-0.15, -0.1) is 0 Å². The largest absolute Gasteiger partial charge is 0.395 e. The highest BCUT2D eigenvalue weighted by atomic mass is 16.3. The topological polar surface area (TPSA) is 93.4 Å². The van der Waals surface area contributed by atoms with E-state index in [-0.39, 0.29) is 6.54 Å². The van der Waals surface area contributed by atoms with Gasteiger partial charge in [-0.25, -0.2) is 4.79 Å². The molecule has 0 radical (unpaired) electrons. The summed E-state index contributed by atoms with van der Waals surface area (Å²) in [4.78, 5) is 17.3. The van der Waals surface area contributed by atoms with Crippen LogP contribution in [0.15, 0.2) is 29.3 Å². The molecule has 108 valence electrons. The number of aryl methyl sites for hydroxylation is 1. The van der Waals surface area contributed by atoms with Gasteiger partial charge in [-0.1, -0.05) is 17.7 Å². The summed E-state index contributed by atoms with van der Waals surface area (Å²) in [7, 11) is 0. The van der Waals surface area contributed by atoms with E-state index in [4.69, 9.17) is 0 Å². The molecule has 0 bridgehead atoms. The number of rotatable bonds is 5. The summed E-state index contributed by atoms with van der Waals surface area (Å²) in [6, 6.07) is 6.94. The van der Waals surface area contributed by atoms with Crippen LogP contribution in [-0.4, -0.2) is 53.4 Å². The molecule has 0 atom stereocenters. The van der Waals surface area contributed by atoms with Gasteiger partial charge < -0.3 is 15.3 Å². The summed E-state index contributed by atoms with van der Waals surface area (Å²) in [5.74, 6) is 0. The molecule has 6 heteroatoms. The van der Waals surface area contributed by atoms with Crippen LogP contribution in [0.5, 0.6) is 0 Å². The number of anilines is 1. The Morgan fingerprint density at radius 2 is 1.70 bits per heavy atom. The number of aliphatic imine (C=N–C) groups is 1. The van der Waals surface area contributed by atoms with Crippen LogP contribution < -0.4 is 4.90 Å². The number of aliphatic hydroxyl groups is 3. The van der Waals surface area contributed by atoms with Gasteiger partial charge in [-0.3, -0.25) is 4.90 Å². The molecule has 1 aromatic rings. The maximum Gasteiger partial charge on any atom is 0.348 e. The lowest BCUT2D eigenvalue weighted by Crippen LogP contribution is -2.44. The van der Waals surface area contributed by atoms with E-state index in [9.17, 15) is 20.1 Å². The van der Waals surface area contributed by atoms with E-state index >= 15 is 0 Å². The molecule has 0 aliphatic carbocycles. The van der Waals surface area contributed by atoms with E-state index in [2.05, 4.69) is 4.99 Å². The molecule has 0 unspecified atom stereocenters. The van der Waals surface area contributed by atoms with Crippen molar-refractivity contribution in [2.45, 2.75) is 6.92 Å². The number of aliphatic hydroxyl groups excluding tert-OH is 3. The molecular weight excluding hydrogens is 260 g/mol. The summed E-state index contributed by atoms with van der Waals surface area (Å²) in [6.07, 6.45) is 0. The molecule has 0 aromatic heterocycles. The number of amides is 2. The van der Waals surface area contributed by atoms with Crippen LogP contribution in [0.25, 0.3) is 0 Å². The molecule has 1 aliphatic heterocycles. The smallest absolute Gasteiger partial charge is 0.348 e. The lowest BCUT2D eigenvalue weighted by Gasteiger charge is -2.27. The Morgan fingerprint density at radius 3 is 2.20 bits per heavy atom. The van der Waals surface area contributed by atoms with E-state index in [1.165, 1.54) is 4.90 Å². The maximum atomic E-state index is 12.0. The van der Waals surface area contributed by atoms with Crippen LogP contribution in [-0.2, 0) is 0 Å². The van der Waals surface area contributed by atoms with Crippen molar-refractivity contribution in [2.24, 2.45) is 10.4 Å². The Morgan fingerprint density at radius 1 is 1.15 bits per heavy atom. The van der Waals surface area contributed by atoms with Crippen molar-refractivity contribution < 1.29 is 20.1 Å². The molecule has 0 fully saturated rings. The first kappa shape index (κ1) is 14.6. The number of carbonyl (C=O) groups is 1. The van der Waals surface area contributed by atoms with Crippen molar-refractivity contribution in [3.05, 3.63) is 29.8 Å². The predicted octanol–water partition coefficient (Wildman–Crippen LogP) is 0.339. The number of hydrogen-bond donors (Lipinski definition) is 3. The Kier molecular flexibility index (Phi) is 4.17. The minimum Gasteiger partial charge on any atom is -0.395 e. The van der Waals surface area contributed by atoms with Crippen molar-refractivity contribution in [1.82, 2.24) is 0 Å². The summed E-state index contributed by atoms with van der Waals surface area (Å²) in [5.41, 5.74) is 0.823. The third kappa shape index (κ3) is 2.45. The van der Waals surface area contributed by atoms with E-state index < -0.39 is 31.3 Å². The van der Waals surface area contributed by atoms with Gasteiger partial charge in [0.15, 0.2) is 0 Å². The van der Waals surface area contributed by atoms with Gasteiger partial charge in [0, 0.05) is 5.69 Å². The zero-order valence-corrected chi connectivity index (χ0v) is 11.3. The van der Waals surface area contributed by atoms with Crippen molar-refractivity contribution in [3.8, 4) is 0 Å². The molecule has 1 aliphatic rings. The molecule has 2 rings (SSSR count). The van der Waals surface area contributed by atoms with Gasteiger partial charge in [-0.05, 0) is 19.1 Å². The van der Waals surface area contributed by atoms with Gasteiger partial charge in [-0.2, -0.15) is 4.99 Å². The molecule has 0 spiro atoms. The molecule has 0 saturated heterocycles. The quantitative estimate of drug-likeness (QED) is 0.724. The van der Waals surface area contributed by atoms with Crippen LogP contribution in [0.3, 0.4) is 0 Å². The van der Waals surface area contributed by atoms with Gasteiger partial charge in [0.2, 0.25) is 0 Å². The molecule has 0 saturated carbocycles. The van der Waals surface area contributed by atoms with E-state index in [1.54, 1.807) is 0 Å². The normalized spacial score (nSPS) is 15.7. The molecule has 20 heavy (non-hydrogen) atoms. The van der Waals surface area contributed by atoms with Crippen LogP contribution in [0, 0.1) is 12.3 Å². The maximum absolute atomic E-state index is 12.0. The van der Waals surface area contributed by atoms with E-state index in [0.717, 1.165) is 5.56 Å². The fourth-order valence-corrected chi connectivity index (χ4v) is 2.07. The highest BCUT2D eigenvalue weighted by molar-refractivity contribution is 6.14. The third-order valence-electron chi connectivity index (χ3n) is 3.64. The molecule has 2 amide bonds. The molecule has 1 heterocycles. The Hall–Kier alpha value is -1.76. The summed E-state index contributed by atoms with van der Waals surface area (Å²) in [5, 5.41) is 28.2. The number of urea groups is 1. The van der Waals surface area contributed by atoms with Crippen LogP contribution in [0.2, 0.25) is 0 Å². The zero-order chi connectivity index (χ0) is 14.8. The average molecular weight is 278 g/mol. The Balaban J connectivity index is 2.25. The second-order valence-corrected chi connectivity index (χ2v) is 5.02. The van der Waals surface area contributed by atoms with Crippen molar-refractivity contribution in [2.75, 3.05) is 31.3 Å². The van der Waals surface area contributed by atoms with Gasteiger partial charge >= 0.3 is 6.03 Å². The first-order chi connectivity index (χ1) is 9.56. The Labute approximate surface area is 117 Å². The van der Waals surface area contributed by atoms with Crippen LogP contribution >= 0.6 is 0 Å².